The predicted molar refractivity (Wildman–Crippen MR) is 418 cm³/mol. The van der Waals surface area contributed by atoms with Crippen LogP contribution >= 0.6 is 0 Å². The molecule has 0 N–H and O–H groups in total. The Hall–Kier alpha value is -6.38. The van der Waals surface area contributed by atoms with Crippen molar-refractivity contribution in [2.45, 2.75) is 299 Å². The summed E-state index contributed by atoms with van der Waals surface area (Å²) in [5.74, 6) is 0. The Morgan fingerprint density at radius 2 is 0.656 bits per heavy atom. The molecule has 2 heteroatoms. The van der Waals surface area contributed by atoms with Crippen molar-refractivity contribution in [3.63, 3.8) is 0 Å². The van der Waals surface area contributed by atoms with Gasteiger partial charge < -0.3 is 0 Å². The number of aryl methyl sites for hydroxylation is 12. The fourth-order valence-electron chi connectivity index (χ4n) is 10.5. The summed E-state index contributed by atoms with van der Waals surface area (Å²) in [6, 6.07) is 52.4. The summed E-state index contributed by atoms with van der Waals surface area (Å²) in [6.45, 7) is 81.5. The van der Waals surface area contributed by atoms with Gasteiger partial charge in [0.05, 0.1) is 0 Å². The first-order valence-electron chi connectivity index (χ1n) is 34.4. The molecule has 0 bridgehead atoms. The van der Waals surface area contributed by atoms with Gasteiger partial charge in [-0.1, -0.05) is 315 Å². The van der Waals surface area contributed by atoms with Gasteiger partial charge in [0.1, 0.15) is 0 Å². The van der Waals surface area contributed by atoms with Gasteiger partial charge in [-0.25, -0.2) is 0 Å². The van der Waals surface area contributed by atoms with Crippen LogP contribution in [0.4, 0.5) is 0 Å². The molecule has 6 aromatic carbocycles. The lowest BCUT2D eigenvalue weighted by molar-refractivity contribution is 0.567. The van der Waals surface area contributed by atoms with Crippen molar-refractivity contribution in [1.29, 1.82) is 0 Å². The van der Waals surface area contributed by atoms with Gasteiger partial charge in [0.15, 0.2) is 0 Å². The topological polar surface area (TPSA) is 25.8 Å². The summed E-state index contributed by atoms with van der Waals surface area (Å²) in [5.41, 5.74) is 30.6. The Bertz CT molecular complexity index is 3380. The third-order valence-electron chi connectivity index (χ3n) is 16.6. The highest BCUT2D eigenvalue weighted by molar-refractivity contribution is 5.39. The fourth-order valence-corrected chi connectivity index (χ4v) is 10.5. The minimum atomic E-state index is 0.173. The molecule has 2 heterocycles. The summed E-state index contributed by atoms with van der Waals surface area (Å²) >= 11 is 0. The lowest BCUT2D eigenvalue weighted by atomic mass is 9.83. The Labute approximate surface area is 575 Å². The van der Waals surface area contributed by atoms with E-state index in [1.54, 1.807) is 0 Å². The van der Waals surface area contributed by atoms with Crippen molar-refractivity contribution in [3.8, 4) is 0 Å². The van der Waals surface area contributed by atoms with Gasteiger partial charge in [-0.15, -0.1) is 0 Å². The van der Waals surface area contributed by atoms with E-state index in [1.165, 1.54) is 100 Å². The maximum atomic E-state index is 4.44. The smallest absolute Gasteiger partial charge is 0.0460 e. The van der Waals surface area contributed by atoms with Crippen LogP contribution in [0.5, 0.6) is 0 Å². The van der Waals surface area contributed by atoms with Crippen LogP contribution in [0.1, 0.15) is 283 Å². The number of benzene rings is 6. The van der Waals surface area contributed by atoms with Gasteiger partial charge in [-0.2, -0.15) is 0 Å². The zero-order chi connectivity index (χ0) is 72.2. The van der Waals surface area contributed by atoms with Crippen molar-refractivity contribution in [3.05, 3.63) is 269 Å². The molecule has 8 rings (SSSR count). The second-order valence-electron chi connectivity index (χ2n) is 34.8. The highest BCUT2D eigenvalue weighted by Gasteiger charge is 2.20. The van der Waals surface area contributed by atoms with E-state index in [2.05, 4.69) is 392 Å². The standard InChI is InChI=1S/5C12H18.C11H16.2C10H15N/c1-9-6-10(2)8-11(7-9)12(3,4)5;1-9-6-7-11(8-10(9)2)12(3,4)5;1-9-6-7-11(10(2)8-9)12(3,4)5;1-9-6-7-10(2)11(8-9)12(3,4)5;1-9-7-6-8-11(10(9)2)12(3,4)5;1-9-6-5-7-10(8-9)11(2,3)4;1-8-7-9(5-6-11-8)10(2,3)4;1-8-6-5-7-9(11-8)10(2,3)4/h5*6-8H,1-5H3;5-8H,1-4H3;2*5-7H,1-4H3. The molecule has 0 fully saturated rings. The number of aromatic nitrogens is 2. The average molecular weight is 1260 g/mol. The SMILES string of the molecule is Cc1cc(C(C)(C)C)ccn1.Cc1cc(C)cc(C(C)(C)C)c1.Cc1ccc(C(C)(C)C)c(C)c1.Cc1ccc(C(C)(C)C)cc1C.Cc1ccc(C)c(C(C)(C)C)c1.Cc1cccc(C(C)(C)C)c1.Cc1cccc(C(C)(C)C)c1C.Cc1cccc(C(C)(C)C)n1. The highest BCUT2D eigenvalue weighted by Crippen LogP contribution is 2.31. The van der Waals surface area contributed by atoms with Crippen molar-refractivity contribution in [2.24, 2.45) is 0 Å². The van der Waals surface area contributed by atoms with Crippen LogP contribution in [-0.2, 0) is 43.3 Å². The normalized spacial score (nSPS) is 11.7. The first-order valence-corrected chi connectivity index (χ1v) is 34.4. The highest BCUT2D eigenvalue weighted by atomic mass is 14.7. The molecular formula is C91H136N2. The number of nitrogens with zero attached hydrogens (tertiary/aromatic N) is 2. The van der Waals surface area contributed by atoms with Crippen molar-refractivity contribution in [1.82, 2.24) is 9.97 Å². The van der Waals surface area contributed by atoms with Crippen LogP contribution in [0.15, 0.2) is 152 Å². The van der Waals surface area contributed by atoms with Gasteiger partial charge in [0.25, 0.3) is 0 Å². The van der Waals surface area contributed by atoms with E-state index in [-0.39, 0.29) is 43.3 Å². The third-order valence-corrected chi connectivity index (χ3v) is 16.6. The molecule has 0 atom stereocenters. The maximum absolute atomic E-state index is 4.44. The monoisotopic (exact) mass is 1260 g/mol. The first kappa shape index (κ1) is 84.6. The molecule has 510 valence electrons. The Kier molecular flexibility index (Phi) is 32.2. The maximum Gasteiger partial charge on any atom is 0.0460 e. The van der Waals surface area contributed by atoms with Crippen LogP contribution in [0, 0.1) is 90.0 Å². The molecule has 0 spiro atoms. The van der Waals surface area contributed by atoms with E-state index >= 15 is 0 Å². The Balaban J connectivity index is 0.000000532. The van der Waals surface area contributed by atoms with E-state index in [1.807, 2.05) is 26.1 Å². The van der Waals surface area contributed by atoms with Crippen molar-refractivity contribution >= 4 is 0 Å². The molecule has 0 aliphatic heterocycles. The third kappa shape index (κ3) is 32.1. The van der Waals surface area contributed by atoms with Gasteiger partial charge in [0, 0.05) is 28.7 Å². The predicted octanol–water partition coefficient (Wildman–Crippen LogP) is 26.7. The van der Waals surface area contributed by atoms with Crippen LogP contribution in [-0.4, -0.2) is 9.97 Å². The Morgan fingerprint density at radius 1 is 0.226 bits per heavy atom. The molecular weight excluding hydrogens is 1120 g/mol. The van der Waals surface area contributed by atoms with Crippen LogP contribution in [0.3, 0.4) is 0 Å². The lowest BCUT2D eigenvalue weighted by Gasteiger charge is -2.22. The summed E-state index contributed by atoms with van der Waals surface area (Å²) in [7, 11) is 0. The molecule has 0 aliphatic carbocycles. The van der Waals surface area contributed by atoms with Gasteiger partial charge in [0.2, 0.25) is 0 Å². The number of pyridine rings is 2. The first-order chi connectivity index (χ1) is 42.0. The molecule has 0 saturated heterocycles. The van der Waals surface area contributed by atoms with Gasteiger partial charge in [-0.3, -0.25) is 9.97 Å². The zero-order valence-electron chi connectivity index (χ0n) is 66.8. The summed E-state index contributed by atoms with van der Waals surface area (Å²) in [5, 5.41) is 0. The second kappa shape index (κ2) is 35.4. The van der Waals surface area contributed by atoms with Gasteiger partial charge >= 0.3 is 0 Å². The van der Waals surface area contributed by atoms with E-state index in [9.17, 15) is 0 Å². The second-order valence-corrected chi connectivity index (χ2v) is 34.8. The van der Waals surface area contributed by atoms with E-state index in [0.29, 0.717) is 0 Å². The fraction of sp³-hybridized carbons (Fsp3) is 0.495. The van der Waals surface area contributed by atoms with Gasteiger partial charge in [-0.05, 0) is 225 Å². The van der Waals surface area contributed by atoms with Crippen molar-refractivity contribution in [2.75, 3.05) is 0 Å². The summed E-state index contributed by atoms with van der Waals surface area (Å²) < 4.78 is 0. The number of hydrogen-bond donors (Lipinski definition) is 0. The summed E-state index contributed by atoms with van der Waals surface area (Å²) in [4.78, 5) is 8.60. The van der Waals surface area contributed by atoms with E-state index in [4.69, 9.17) is 0 Å². The van der Waals surface area contributed by atoms with E-state index < -0.39 is 0 Å². The number of rotatable bonds is 0. The minimum Gasteiger partial charge on any atom is -0.262 e. The molecule has 2 nitrogen and oxygen atoms in total. The molecule has 93 heavy (non-hydrogen) atoms. The van der Waals surface area contributed by atoms with Crippen molar-refractivity contribution < 1.29 is 0 Å². The minimum absolute atomic E-state index is 0.173. The molecule has 0 saturated carbocycles. The molecule has 0 radical (unpaired) electrons. The molecule has 2 aromatic heterocycles. The number of hydrogen-bond acceptors (Lipinski definition) is 2. The molecule has 8 aromatic rings. The molecule has 0 unspecified atom stereocenters. The quantitative estimate of drug-likeness (QED) is 0.151. The van der Waals surface area contributed by atoms with E-state index in [0.717, 1.165) is 17.1 Å². The van der Waals surface area contributed by atoms with Crippen LogP contribution < -0.4 is 0 Å². The summed E-state index contributed by atoms with van der Waals surface area (Å²) in [6.07, 6.45) is 1.87. The molecule has 0 aliphatic rings. The lowest BCUT2D eigenvalue weighted by Crippen LogP contribution is -2.13. The Morgan fingerprint density at radius 3 is 1.04 bits per heavy atom. The van der Waals surface area contributed by atoms with Crippen LogP contribution in [0.2, 0.25) is 0 Å². The largest absolute Gasteiger partial charge is 0.262 e. The zero-order valence-corrected chi connectivity index (χ0v) is 66.8. The van der Waals surface area contributed by atoms with Crippen LogP contribution in [0.25, 0.3) is 0 Å². The molecule has 0 amide bonds. The average Bonchev–Trinajstić information content (AvgIpc) is 2.14.